The Morgan fingerprint density at radius 3 is 2.19 bits per heavy atom. The molecule has 0 aliphatic carbocycles. The van der Waals surface area contributed by atoms with E-state index in [-0.39, 0.29) is 18.4 Å². The summed E-state index contributed by atoms with van der Waals surface area (Å²) in [6.45, 7) is 9.25. The maximum Gasteiger partial charge on any atom is 0.251 e. The van der Waals surface area contributed by atoms with E-state index < -0.39 is 0 Å². The molecule has 0 fully saturated rings. The molecule has 0 aromatic heterocycles. The summed E-state index contributed by atoms with van der Waals surface area (Å²) in [6, 6.07) is 11.2. The van der Waals surface area contributed by atoms with Gasteiger partial charge in [-0.15, -0.1) is 0 Å². The minimum absolute atomic E-state index is 0.0437. The van der Waals surface area contributed by atoms with Gasteiger partial charge >= 0.3 is 0 Å². The lowest BCUT2D eigenvalue weighted by atomic mass is 9.97. The fourth-order valence-corrected chi connectivity index (χ4v) is 3.13. The normalized spacial score (nSPS) is 10.4. The van der Waals surface area contributed by atoms with E-state index in [4.69, 9.17) is 4.74 Å². The predicted octanol–water partition coefficient (Wildman–Crippen LogP) is 3.10. The van der Waals surface area contributed by atoms with Crippen LogP contribution < -0.4 is 15.4 Å². The molecule has 5 nitrogen and oxygen atoms in total. The van der Waals surface area contributed by atoms with E-state index in [0.717, 1.165) is 6.42 Å². The SMILES string of the molecule is CCOc1ccc(C(=O)NCC(=O)NCCc2c(C)cc(C)cc2C)cc1. The average molecular weight is 368 g/mol. The van der Waals surface area contributed by atoms with Gasteiger partial charge in [0.15, 0.2) is 0 Å². The van der Waals surface area contributed by atoms with Gasteiger partial charge in [0.05, 0.1) is 13.2 Å². The molecule has 27 heavy (non-hydrogen) atoms. The second kappa shape index (κ2) is 9.76. The van der Waals surface area contributed by atoms with Gasteiger partial charge < -0.3 is 15.4 Å². The first kappa shape index (κ1) is 20.5. The number of amides is 2. The van der Waals surface area contributed by atoms with Gasteiger partial charge in [0.25, 0.3) is 5.91 Å². The summed E-state index contributed by atoms with van der Waals surface area (Å²) in [7, 11) is 0. The molecule has 0 saturated heterocycles. The van der Waals surface area contributed by atoms with Crippen molar-refractivity contribution in [3.05, 3.63) is 64.2 Å². The third-order valence-corrected chi connectivity index (χ3v) is 4.37. The number of nitrogens with one attached hydrogen (secondary N) is 2. The van der Waals surface area contributed by atoms with Crippen LogP contribution in [0.25, 0.3) is 0 Å². The Bertz CT molecular complexity index is 775. The van der Waals surface area contributed by atoms with Crippen LogP contribution >= 0.6 is 0 Å². The van der Waals surface area contributed by atoms with Crippen LogP contribution in [0.4, 0.5) is 0 Å². The van der Waals surface area contributed by atoms with Gasteiger partial charge in [-0.3, -0.25) is 9.59 Å². The molecule has 144 valence electrons. The molecule has 0 aliphatic rings. The number of hydrogen-bond acceptors (Lipinski definition) is 3. The van der Waals surface area contributed by atoms with Gasteiger partial charge in [0.1, 0.15) is 5.75 Å². The van der Waals surface area contributed by atoms with Crippen molar-refractivity contribution < 1.29 is 14.3 Å². The summed E-state index contributed by atoms with van der Waals surface area (Å²) in [5, 5.41) is 5.50. The van der Waals surface area contributed by atoms with Crippen LogP contribution in [0.2, 0.25) is 0 Å². The summed E-state index contributed by atoms with van der Waals surface area (Å²) in [4.78, 5) is 24.1. The van der Waals surface area contributed by atoms with Crippen molar-refractivity contribution in [2.45, 2.75) is 34.1 Å². The minimum atomic E-state index is -0.279. The Balaban J connectivity index is 1.77. The van der Waals surface area contributed by atoms with Crippen molar-refractivity contribution in [3.8, 4) is 5.75 Å². The van der Waals surface area contributed by atoms with Crippen LogP contribution in [0.5, 0.6) is 5.75 Å². The number of ether oxygens (including phenoxy) is 1. The molecule has 0 unspecified atom stereocenters. The number of benzene rings is 2. The fraction of sp³-hybridized carbons (Fsp3) is 0.364. The van der Waals surface area contributed by atoms with Gasteiger partial charge in [-0.05, 0) is 75.1 Å². The molecule has 0 aliphatic heterocycles. The lowest BCUT2D eigenvalue weighted by Crippen LogP contribution is -2.37. The molecule has 0 saturated carbocycles. The number of rotatable bonds is 8. The van der Waals surface area contributed by atoms with Crippen molar-refractivity contribution in [2.75, 3.05) is 19.7 Å². The molecule has 2 aromatic rings. The lowest BCUT2D eigenvalue weighted by Gasteiger charge is -2.12. The van der Waals surface area contributed by atoms with Crippen LogP contribution in [0.15, 0.2) is 36.4 Å². The Kier molecular flexibility index (Phi) is 7.41. The molecule has 0 bridgehead atoms. The molecule has 0 atom stereocenters. The van der Waals surface area contributed by atoms with Crippen molar-refractivity contribution >= 4 is 11.8 Å². The second-order valence-corrected chi connectivity index (χ2v) is 6.62. The smallest absolute Gasteiger partial charge is 0.251 e. The van der Waals surface area contributed by atoms with Crippen molar-refractivity contribution in [1.82, 2.24) is 10.6 Å². The number of hydrogen-bond donors (Lipinski definition) is 2. The maximum absolute atomic E-state index is 12.1. The maximum atomic E-state index is 12.1. The third-order valence-electron chi connectivity index (χ3n) is 4.37. The quantitative estimate of drug-likeness (QED) is 0.752. The minimum Gasteiger partial charge on any atom is -0.494 e. The number of aryl methyl sites for hydroxylation is 3. The van der Waals surface area contributed by atoms with Gasteiger partial charge in [-0.2, -0.15) is 0 Å². The van der Waals surface area contributed by atoms with E-state index in [2.05, 4.69) is 43.5 Å². The molecule has 0 radical (unpaired) electrons. The van der Waals surface area contributed by atoms with Crippen LogP contribution in [0.1, 0.15) is 39.5 Å². The topological polar surface area (TPSA) is 67.4 Å². The first-order valence-corrected chi connectivity index (χ1v) is 9.25. The summed E-state index contributed by atoms with van der Waals surface area (Å²) < 4.78 is 5.35. The summed E-state index contributed by atoms with van der Waals surface area (Å²) >= 11 is 0. The van der Waals surface area contributed by atoms with Gasteiger partial charge in [0, 0.05) is 12.1 Å². The van der Waals surface area contributed by atoms with E-state index >= 15 is 0 Å². The second-order valence-electron chi connectivity index (χ2n) is 6.62. The van der Waals surface area contributed by atoms with E-state index in [1.54, 1.807) is 24.3 Å². The molecule has 0 heterocycles. The monoisotopic (exact) mass is 368 g/mol. The molecule has 5 heteroatoms. The highest BCUT2D eigenvalue weighted by molar-refractivity contribution is 5.96. The van der Waals surface area contributed by atoms with Crippen LogP contribution in [0, 0.1) is 20.8 Å². The Morgan fingerprint density at radius 2 is 1.59 bits per heavy atom. The van der Waals surface area contributed by atoms with E-state index in [9.17, 15) is 9.59 Å². The third kappa shape index (κ3) is 6.13. The molecule has 0 spiro atoms. The number of carbonyl (C=O) groups is 2. The Morgan fingerprint density at radius 1 is 0.963 bits per heavy atom. The van der Waals surface area contributed by atoms with Crippen LogP contribution in [0.3, 0.4) is 0 Å². The van der Waals surface area contributed by atoms with E-state index in [1.807, 2.05) is 6.92 Å². The first-order valence-electron chi connectivity index (χ1n) is 9.25. The Hall–Kier alpha value is -2.82. The van der Waals surface area contributed by atoms with Crippen LogP contribution in [-0.2, 0) is 11.2 Å². The predicted molar refractivity (Wildman–Crippen MR) is 107 cm³/mol. The van der Waals surface area contributed by atoms with E-state index in [1.165, 1.54) is 22.3 Å². The van der Waals surface area contributed by atoms with Crippen molar-refractivity contribution in [1.29, 1.82) is 0 Å². The zero-order valence-corrected chi connectivity index (χ0v) is 16.5. The van der Waals surface area contributed by atoms with Gasteiger partial charge in [-0.25, -0.2) is 0 Å². The summed E-state index contributed by atoms with van der Waals surface area (Å²) in [6.07, 6.45) is 0.774. The molecule has 2 rings (SSSR count). The van der Waals surface area contributed by atoms with E-state index in [0.29, 0.717) is 24.5 Å². The molecular formula is C22H28N2O3. The van der Waals surface area contributed by atoms with Gasteiger partial charge in [0.2, 0.25) is 5.91 Å². The fourth-order valence-electron chi connectivity index (χ4n) is 3.13. The van der Waals surface area contributed by atoms with Crippen LogP contribution in [-0.4, -0.2) is 31.5 Å². The largest absolute Gasteiger partial charge is 0.494 e. The summed E-state index contributed by atoms with van der Waals surface area (Å²) in [5.41, 5.74) is 5.49. The average Bonchev–Trinajstić information content (AvgIpc) is 2.62. The van der Waals surface area contributed by atoms with Gasteiger partial charge in [-0.1, -0.05) is 17.7 Å². The lowest BCUT2D eigenvalue weighted by molar-refractivity contribution is -0.120. The highest BCUT2D eigenvalue weighted by atomic mass is 16.5. The first-order chi connectivity index (χ1) is 12.9. The van der Waals surface area contributed by atoms with Crippen molar-refractivity contribution in [3.63, 3.8) is 0 Å². The van der Waals surface area contributed by atoms with Crippen molar-refractivity contribution in [2.24, 2.45) is 0 Å². The standard InChI is InChI=1S/C22H28N2O3/c1-5-27-19-8-6-18(7-9-19)22(26)24-14-21(25)23-11-10-20-16(3)12-15(2)13-17(20)4/h6-9,12-13H,5,10-11,14H2,1-4H3,(H,23,25)(H,24,26). The molecule has 2 N–H and O–H groups in total. The highest BCUT2D eigenvalue weighted by Crippen LogP contribution is 2.16. The zero-order valence-electron chi connectivity index (χ0n) is 16.5. The molecule has 2 aromatic carbocycles. The molecule has 2 amide bonds. The Labute approximate surface area is 161 Å². The zero-order chi connectivity index (χ0) is 19.8. The molecular weight excluding hydrogens is 340 g/mol. The number of carbonyl (C=O) groups excluding carboxylic acids is 2. The summed E-state index contributed by atoms with van der Waals surface area (Å²) in [5.74, 6) is 0.239. The highest BCUT2D eigenvalue weighted by Gasteiger charge is 2.09.